The molecule has 0 aliphatic rings. The van der Waals surface area contributed by atoms with Gasteiger partial charge < -0.3 is 141 Å². The molecule has 0 fully saturated rings. The fourth-order valence-corrected chi connectivity index (χ4v) is 2.84. The summed E-state index contributed by atoms with van der Waals surface area (Å²) in [6.07, 6.45) is -31.0. The molecule has 19 unspecified atom stereocenters. The average molecular weight is 855 g/mol. The Morgan fingerprint density at radius 3 is 0.596 bits per heavy atom. The SMILES string of the molecule is CC(O)C(O)C(O)C(O)C=O.O=CC(O)C(O)C(O)C(O)CO.O=CC(O)C(O)C(O)C(O)CO.O=CC(O)C(O)C(O)C(O)CO.O=CC(O)C(O)C(O)CO. The van der Waals surface area contributed by atoms with Gasteiger partial charge >= 0.3 is 0 Å². The summed E-state index contributed by atoms with van der Waals surface area (Å²) in [5.41, 5.74) is 0. The van der Waals surface area contributed by atoms with E-state index >= 15 is 0 Å². The molecule has 28 heteroatoms. The first kappa shape index (κ1) is 63.6. The molecule has 28 nitrogen and oxygen atoms in total. The summed E-state index contributed by atoms with van der Waals surface area (Å²) in [5.74, 6) is 0. The van der Waals surface area contributed by atoms with Gasteiger partial charge in [-0.25, -0.2) is 0 Å². The van der Waals surface area contributed by atoms with Crippen molar-refractivity contribution in [3.63, 3.8) is 0 Å². The van der Waals surface area contributed by atoms with Crippen molar-refractivity contribution in [3.05, 3.63) is 0 Å². The molecule has 0 aliphatic carbocycles. The van der Waals surface area contributed by atoms with E-state index in [1.54, 1.807) is 0 Å². The second-order valence-corrected chi connectivity index (χ2v) is 11.3. The van der Waals surface area contributed by atoms with Gasteiger partial charge in [0, 0.05) is 0 Å². The molecule has 0 saturated heterocycles. The maximum Gasteiger partial charge on any atom is 0.151 e. The van der Waals surface area contributed by atoms with Gasteiger partial charge in [-0.05, 0) is 6.92 Å². The number of carbonyl (C=O) groups is 5. The van der Waals surface area contributed by atoms with Crippen molar-refractivity contribution < 1.29 is 141 Å². The second-order valence-electron chi connectivity index (χ2n) is 11.3. The zero-order valence-electron chi connectivity index (χ0n) is 30.0. The fraction of sp³-hybridized carbons (Fsp3) is 0.828. The van der Waals surface area contributed by atoms with Crippen LogP contribution in [-0.4, -0.2) is 291 Å². The van der Waals surface area contributed by atoms with Crippen LogP contribution in [0.1, 0.15) is 6.92 Å². The lowest BCUT2D eigenvalue weighted by atomic mass is 10.0. The van der Waals surface area contributed by atoms with E-state index in [1.807, 2.05) is 0 Å². The van der Waals surface area contributed by atoms with E-state index in [9.17, 15) is 24.0 Å². The molecule has 0 heterocycles. The third-order valence-corrected chi connectivity index (χ3v) is 6.67. The molecule has 0 bridgehead atoms. The van der Waals surface area contributed by atoms with Gasteiger partial charge in [-0.15, -0.1) is 0 Å². The van der Waals surface area contributed by atoms with E-state index in [-0.39, 0.29) is 31.4 Å². The van der Waals surface area contributed by atoms with Crippen molar-refractivity contribution >= 4 is 31.4 Å². The Morgan fingerprint density at radius 1 is 0.281 bits per heavy atom. The molecular weight excluding hydrogens is 796 g/mol. The van der Waals surface area contributed by atoms with Gasteiger partial charge in [-0.1, -0.05) is 0 Å². The van der Waals surface area contributed by atoms with Gasteiger partial charge in [0.2, 0.25) is 0 Å². The van der Waals surface area contributed by atoms with Crippen molar-refractivity contribution in [1.29, 1.82) is 0 Å². The van der Waals surface area contributed by atoms with E-state index in [4.69, 9.17) is 117 Å². The molecule has 0 rings (SSSR count). The lowest BCUT2D eigenvalue weighted by Crippen LogP contribution is -2.46. The van der Waals surface area contributed by atoms with Crippen LogP contribution in [0.4, 0.5) is 0 Å². The van der Waals surface area contributed by atoms with E-state index in [1.165, 1.54) is 6.92 Å². The fourth-order valence-electron chi connectivity index (χ4n) is 2.84. The van der Waals surface area contributed by atoms with Gasteiger partial charge in [0.1, 0.15) is 110 Å². The van der Waals surface area contributed by atoms with Crippen LogP contribution >= 0.6 is 0 Å². The van der Waals surface area contributed by atoms with Crippen molar-refractivity contribution in [2.24, 2.45) is 0 Å². The number of carbonyl (C=O) groups excluding carboxylic acids is 5. The van der Waals surface area contributed by atoms with E-state index < -0.39 is 142 Å². The minimum Gasteiger partial charge on any atom is -0.394 e. The molecule has 0 amide bonds. The summed E-state index contributed by atoms with van der Waals surface area (Å²) in [4.78, 5) is 49.3. The first-order chi connectivity index (χ1) is 26.3. The predicted molar refractivity (Wildman–Crippen MR) is 178 cm³/mol. The topological polar surface area (TPSA) is 551 Å². The minimum atomic E-state index is -1.79. The van der Waals surface area contributed by atoms with Crippen LogP contribution < -0.4 is 0 Å². The Hall–Kier alpha value is -2.57. The second kappa shape index (κ2) is 36.5. The van der Waals surface area contributed by atoms with Crippen LogP contribution in [0.5, 0.6) is 0 Å². The monoisotopic (exact) mass is 854 g/mol. The van der Waals surface area contributed by atoms with Crippen LogP contribution in [0.25, 0.3) is 0 Å². The van der Waals surface area contributed by atoms with Crippen LogP contribution in [0.15, 0.2) is 0 Å². The molecule has 0 aliphatic heterocycles. The summed E-state index contributed by atoms with van der Waals surface area (Å²) >= 11 is 0. The number of hydrogen-bond acceptors (Lipinski definition) is 28. The minimum absolute atomic E-state index is 0.0258. The highest BCUT2D eigenvalue weighted by molar-refractivity contribution is 5.58. The number of aliphatic hydroxyl groups excluding tert-OH is 23. The molecule has 23 N–H and O–H groups in total. The molecule has 0 saturated carbocycles. The smallest absolute Gasteiger partial charge is 0.151 e. The van der Waals surface area contributed by atoms with E-state index in [0.717, 1.165) is 0 Å². The molecule has 0 spiro atoms. The normalized spacial score (nSPS) is 21.0. The Morgan fingerprint density at radius 2 is 0.439 bits per heavy atom. The van der Waals surface area contributed by atoms with Gasteiger partial charge in [0.05, 0.1) is 32.5 Å². The van der Waals surface area contributed by atoms with E-state index in [0.29, 0.717) is 0 Å². The summed E-state index contributed by atoms with van der Waals surface area (Å²) in [6.45, 7) is -1.73. The lowest BCUT2D eigenvalue weighted by Gasteiger charge is -2.22. The molecule has 19 atom stereocenters. The Bertz CT molecular complexity index is 919. The average Bonchev–Trinajstić information content (AvgIpc) is 3.24. The number of aliphatic hydroxyl groups is 23. The van der Waals surface area contributed by atoms with E-state index in [2.05, 4.69) is 0 Å². The predicted octanol–water partition coefficient (Wildman–Crippen LogP) is -15.2. The third kappa shape index (κ3) is 27.7. The number of aldehydes is 5. The number of rotatable bonds is 23. The maximum atomic E-state index is 9.90. The first-order valence-corrected chi connectivity index (χ1v) is 15.9. The summed E-state index contributed by atoms with van der Waals surface area (Å²) in [5, 5.41) is 200. The zero-order chi connectivity index (χ0) is 46.3. The van der Waals surface area contributed by atoms with Crippen LogP contribution in [0.3, 0.4) is 0 Å². The van der Waals surface area contributed by atoms with Crippen molar-refractivity contribution in [2.75, 3.05) is 26.4 Å². The first-order valence-electron chi connectivity index (χ1n) is 15.9. The molecule has 342 valence electrons. The van der Waals surface area contributed by atoms with Crippen LogP contribution in [0, 0.1) is 0 Å². The van der Waals surface area contributed by atoms with Gasteiger partial charge in [0.25, 0.3) is 0 Å². The molecule has 0 aromatic carbocycles. The quantitative estimate of drug-likeness (QED) is 0.0424. The maximum absolute atomic E-state index is 9.90. The zero-order valence-corrected chi connectivity index (χ0v) is 30.0. The van der Waals surface area contributed by atoms with Crippen LogP contribution in [-0.2, 0) is 24.0 Å². The molecule has 57 heavy (non-hydrogen) atoms. The summed E-state index contributed by atoms with van der Waals surface area (Å²) < 4.78 is 0. The molecule has 0 aromatic rings. The molecule has 0 aromatic heterocycles. The highest BCUT2D eigenvalue weighted by Crippen LogP contribution is 2.05. The van der Waals surface area contributed by atoms with Crippen molar-refractivity contribution in [1.82, 2.24) is 0 Å². The van der Waals surface area contributed by atoms with Gasteiger partial charge in [-0.3, -0.25) is 0 Å². The van der Waals surface area contributed by atoms with Crippen LogP contribution in [0.2, 0.25) is 0 Å². The Balaban J connectivity index is -0.000000198. The van der Waals surface area contributed by atoms with Gasteiger partial charge in [0.15, 0.2) is 31.4 Å². The molecular formula is C29H58O28. The highest BCUT2D eigenvalue weighted by Gasteiger charge is 2.31. The van der Waals surface area contributed by atoms with Crippen molar-refractivity contribution in [2.45, 2.75) is 123 Å². The number of hydrogen-bond donors (Lipinski definition) is 23. The van der Waals surface area contributed by atoms with Crippen molar-refractivity contribution in [3.8, 4) is 0 Å². The lowest BCUT2D eigenvalue weighted by molar-refractivity contribution is -0.136. The molecule has 0 radical (unpaired) electrons. The Kier molecular flexibility index (Phi) is 40.7. The summed E-state index contributed by atoms with van der Waals surface area (Å²) in [6, 6.07) is 0. The standard InChI is InChI=1S/3C6H12O6.C6H12O5.C5H10O5/c3*7-1-3(9)5(11)6(12)4(10)2-8;1-3(8)5(10)6(11)4(9)2-7;6-1-3(8)5(10)4(9)2-7/h3*1,3-6,8-12H,2H2;2-6,8-11H,1H3;1,3-5,7-10H,2H2. The van der Waals surface area contributed by atoms with Gasteiger partial charge in [-0.2, -0.15) is 0 Å². The summed E-state index contributed by atoms with van der Waals surface area (Å²) in [7, 11) is 0. The largest absolute Gasteiger partial charge is 0.394 e. The third-order valence-electron chi connectivity index (χ3n) is 6.67. The highest BCUT2D eigenvalue weighted by atomic mass is 16.4. The Labute approximate surface area is 322 Å².